The Bertz CT molecular complexity index is 1220. The topological polar surface area (TPSA) is 74.6 Å². The molecular formula is C26H25N3O3. The first-order chi connectivity index (χ1) is 15.6. The molecule has 0 radical (unpaired) electrons. The molecule has 0 aliphatic carbocycles. The van der Waals surface area contributed by atoms with Crippen LogP contribution in [0.4, 0.5) is 5.69 Å². The van der Waals surface area contributed by atoms with E-state index in [1.54, 1.807) is 6.08 Å². The van der Waals surface area contributed by atoms with Gasteiger partial charge >= 0.3 is 0 Å². The molecule has 0 spiro atoms. The van der Waals surface area contributed by atoms with E-state index < -0.39 is 0 Å². The summed E-state index contributed by atoms with van der Waals surface area (Å²) in [6.07, 6.45) is 2.72. The number of hydrogen-bond acceptors (Lipinski definition) is 4. The third-order valence-electron chi connectivity index (χ3n) is 5.98. The van der Waals surface area contributed by atoms with Crippen LogP contribution in [-0.4, -0.2) is 42.9 Å². The zero-order chi connectivity index (χ0) is 22.1. The molecule has 5 rings (SSSR count). The fourth-order valence-corrected chi connectivity index (χ4v) is 4.27. The Morgan fingerprint density at radius 2 is 1.94 bits per heavy atom. The van der Waals surface area contributed by atoms with Gasteiger partial charge in [0.05, 0.1) is 11.3 Å². The Kier molecular flexibility index (Phi) is 5.37. The Hall–Kier alpha value is -3.64. The zero-order valence-electron chi connectivity index (χ0n) is 18.0. The molecule has 3 aromatic rings. The summed E-state index contributed by atoms with van der Waals surface area (Å²) in [5, 5.41) is 6.26. The number of nitrogens with zero attached hydrogens (tertiary/aromatic N) is 1. The highest BCUT2D eigenvalue weighted by Gasteiger charge is 2.25. The van der Waals surface area contributed by atoms with Gasteiger partial charge in [0, 0.05) is 36.3 Å². The first kappa shape index (κ1) is 20.3. The van der Waals surface area contributed by atoms with Crippen molar-refractivity contribution >= 4 is 29.2 Å². The molecule has 0 atom stereocenters. The van der Waals surface area contributed by atoms with Crippen LogP contribution < -0.4 is 10.6 Å². The number of aryl methyl sites for hydroxylation is 1. The third-order valence-corrected chi connectivity index (χ3v) is 5.98. The summed E-state index contributed by atoms with van der Waals surface area (Å²) in [4.78, 5) is 27.4. The molecule has 32 heavy (non-hydrogen) atoms. The number of rotatable bonds is 3. The van der Waals surface area contributed by atoms with Crippen molar-refractivity contribution in [3.63, 3.8) is 0 Å². The Labute approximate surface area is 186 Å². The van der Waals surface area contributed by atoms with Crippen LogP contribution in [0.2, 0.25) is 0 Å². The molecule has 0 saturated carbocycles. The predicted octanol–water partition coefficient (Wildman–Crippen LogP) is 4.18. The number of anilines is 1. The van der Waals surface area contributed by atoms with Crippen molar-refractivity contribution in [3.8, 4) is 11.3 Å². The Morgan fingerprint density at radius 1 is 1.06 bits per heavy atom. The van der Waals surface area contributed by atoms with Gasteiger partial charge in [-0.1, -0.05) is 30.3 Å². The van der Waals surface area contributed by atoms with Crippen LogP contribution in [-0.2, 0) is 4.79 Å². The van der Waals surface area contributed by atoms with Crippen molar-refractivity contribution in [1.29, 1.82) is 0 Å². The van der Waals surface area contributed by atoms with Crippen molar-refractivity contribution in [2.75, 3.05) is 31.5 Å². The lowest BCUT2D eigenvalue weighted by atomic mass is 10.0. The molecule has 1 fully saturated rings. The Morgan fingerprint density at radius 3 is 2.84 bits per heavy atom. The number of carbonyl (C=O) groups excluding carboxylic acids is 2. The normalized spacial score (nSPS) is 17.2. The van der Waals surface area contributed by atoms with Crippen molar-refractivity contribution in [2.45, 2.75) is 13.3 Å². The molecule has 2 N–H and O–H groups in total. The summed E-state index contributed by atoms with van der Waals surface area (Å²) < 4.78 is 6.03. The molecule has 2 aromatic carbocycles. The first-order valence-electron chi connectivity index (χ1n) is 10.9. The second-order valence-corrected chi connectivity index (χ2v) is 8.19. The number of fused-ring (bicyclic) bond motifs is 1. The number of furan rings is 1. The van der Waals surface area contributed by atoms with Gasteiger partial charge in [-0.3, -0.25) is 9.59 Å². The third kappa shape index (κ3) is 3.85. The maximum Gasteiger partial charge on any atom is 0.256 e. The standard InChI is InChI=1S/C26H25N3O3/c1-17-5-2-8-21-22(25(30)28-24(17)21)16-20-9-10-23(32-20)18-6-3-7-19(15-18)26(31)29-13-4-11-27-12-14-29/h2-3,5-10,15-16,27H,4,11-14H2,1H3,(H,28,30). The quantitative estimate of drug-likeness (QED) is 0.615. The molecule has 162 valence electrons. The smallest absolute Gasteiger partial charge is 0.256 e. The van der Waals surface area contributed by atoms with E-state index in [0.717, 1.165) is 48.4 Å². The molecule has 2 aliphatic heterocycles. The second kappa shape index (κ2) is 8.48. The Balaban J connectivity index is 1.41. The van der Waals surface area contributed by atoms with Crippen molar-refractivity contribution in [3.05, 3.63) is 77.0 Å². The summed E-state index contributed by atoms with van der Waals surface area (Å²) in [6, 6.07) is 17.1. The largest absolute Gasteiger partial charge is 0.457 e. The van der Waals surface area contributed by atoms with Gasteiger partial charge in [-0.15, -0.1) is 0 Å². The molecule has 2 amide bonds. The molecule has 1 saturated heterocycles. The van der Waals surface area contributed by atoms with Gasteiger partial charge in [0.15, 0.2) is 0 Å². The lowest BCUT2D eigenvalue weighted by Crippen LogP contribution is -2.34. The van der Waals surface area contributed by atoms with E-state index in [0.29, 0.717) is 29.2 Å². The highest BCUT2D eigenvalue weighted by Crippen LogP contribution is 2.36. The van der Waals surface area contributed by atoms with E-state index in [1.165, 1.54) is 0 Å². The van der Waals surface area contributed by atoms with Crippen LogP contribution in [0.15, 0.2) is 59.0 Å². The van der Waals surface area contributed by atoms with E-state index >= 15 is 0 Å². The zero-order valence-corrected chi connectivity index (χ0v) is 18.0. The maximum atomic E-state index is 13.0. The van der Waals surface area contributed by atoms with E-state index in [1.807, 2.05) is 66.4 Å². The minimum absolute atomic E-state index is 0.0408. The SMILES string of the molecule is Cc1cccc2c1NC(=O)C2=Cc1ccc(-c2cccc(C(=O)N3CCCNCC3)c2)o1. The number of benzene rings is 2. The molecule has 1 aromatic heterocycles. The van der Waals surface area contributed by atoms with Crippen LogP contribution in [0.25, 0.3) is 23.0 Å². The number of para-hydroxylation sites is 1. The summed E-state index contributed by atoms with van der Waals surface area (Å²) in [5.74, 6) is 1.16. The summed E-state index contributed by atoms with van der Waals surface area (Å²) in [6.45, 7) is 5.21. The van der Waals surface area contributed by atoms with Crippen LogP contribution in [0.1, 0.15) is 33.7 Å². The molecule has 3 heterocycles. The lowest BCUT2D eigenvalue weighted by molar-refractivity contribution is -0.110. The van der Waals surface area contributed by atoms with Crippen molar-refractivity contribution in [2.24, 2.45) is 0 Å². The van der Waals surface area contributed by atoms with Gasteiger partial charge in [-0.2, -0.15) is 0 Å². The van der Waals surface area contributed by atoms with Gasteiger partial charge in [0.25, 0.3) is 11.8 Å². The highest BCUT2D eigenvalue weighted by atomic mass is 16.3. The van der Waals surface area contributed by atoms with Crippen molar-refractivity contribution < 1.29 is 14.0 Å². The number of nitrogens with one attached hydrogen (secondary N) is 2. The van der Waals surface area contributed by atoms with E-state index in [9.17, 15) is 9.59 Å². The monoisotopic (exact) mass is 427 g/mol. The van der Waals surface area contributed by atoms with Crippen LogP contribution >= 0.6 is 0 Å². The van der Waals surface area contributed by atoms with Gasteiger partial charge in [-0.05, 0) is 55.8 Å². The van der Waals surface area contributed by atoms with Crippen molar-refractivity contribution in [1.82, 2.24) is 10.2 Å². The molecule has 0 bridgehead atoms. The van der Waals surface area contributed by atoms with E-state index in [-0.39, 0.29) is 11.8 Å². The predicted molar refractivity (Wildman–Crippen MR) is 125 cm³/mol. The fourth-order valence-electron chi connectivity index (χ4n) is 4.27. The minimum Gasteiger partial charge on any atom is -0.457 e. The number of carbonyl (C=O) groups is 2. The van der Waals surface area contributed by atoms with Crippen LogP contribution in [0, 0.1) is 6.92 Å². The first-order valence-corrected chi connectivity index (χ1v) is 10.9. The highest BCUT2D eigenvalue weighted by molar-refractivity contribution is 6.35. The van der Waals surface area contributed by atoms with Gasteiger partial charge in [0.1, 0.15) is 11.5 Å². The molecule has 6 nitrogen and oxygen atoms in total. The fraction of sp³-hybridized carbons (Fsp3) is 0.231. The molecule has 6 heteroatoms. The van der Waals surface area contributed by atoms with Gasteiger partial charge < -0.3 is 20.0 Å². The number of hydrogen-bond donors (Lipinski definition) is 2. The van der Waals surface area contributed by atoms with Gasteiger partial charge in [0.2, 0.25) is 0 Å². The summed E-state index contributed by atoms with van der Waals surface area (Å²) in [5.41, 5.74) is 4.84. The van der Waals surface area contributed by atoms with E-state index in [2.05, 4.69) is 10.6 Å². The van der Waals surface area contributed by atoms with Crippen LogP contribution in [0.5, 0.6) is 0 Å². The average molecular weight is 428 g/mol. The maximum absolute atomic E-state index is 13.0. The lowest BCUT2D eigenvalue weighted by Gasteiger charge is -2.20. The molecule has 2 aliphatic rings. The second-order valence-electron chi connectivity index (χ2n) is 8.19. The summed E-state index contributed by atoms with van der Waals surface area (Å²) in [7, 11) is 0. The summed E-state index contributed by atoms with van der Waals surface area (Å²) >= 11 is 0. The average Bonchev–Trinajstić information content (AvgIpc) is 3.29. The van der Waals surface area contributed by atoms with E-state index in [4.69, 9.17) is 4.42 Å². The van der Waals surface area contributed by atoms with Gasteiger partial charge in [-0.25, -0.2) is 0 Å². The molecule has 0 unspecified atom stereocenters. The molecular weight excluding hydrogens is 402 g/mol. The number of amides is 2. The van der Waals surface area contributed by atoms with Crippen LogP contribution in [0.3, 0.4) is 0 Å². The minimum atomic E-state index is -0.133.